The molecule has 1 saturated heterocycles. The number of benzene rings is 1. The van der Waals surface area contributed by atoms with Crippen LogP contribution in [0.25, 0.3) is 0 Å². The van der Waals surface area contributed by atoms with Crippen molar-refractivity contribution in [2.75, 3.05) is 25.0 Å². The van der Waals surface area contributed by atoms with E-state index in [1.165, 1.54) is 6.42 Å². The summed E-state index contributed by atoms with van der Waals surface area (Å²) in [5.41, 5.74) is -0.0439. The van der Waals surface area contributed by atoms with Gasteiger partial charge in [0.2, 0.25) is 5.91 Å². The molecule has 0 atom stereocenters. The van der Waals surface area contributed by atoms with Crippen LogP contribution in [0.4, 0.5) is 5.69 Å². The number of piperidine rings is 1. The monoisotopic (exact) mass is 318 g/mol. The van der Waals surface area contributed by atoms with Crippen LogP contribution in [-0.2, 0) is 4.79 Å². The van der Waals surface area contributed by atoms with Crippen LogP contribution >= 0.6 is 0 Å². The molecule has 1 heterocycles. The first-order valence-corrected chi connectivity index (χ1v) is 8.52. The molecular weight excluding hydrogens is 292 g/mol. The molecule has 126 valence electrons. The van der Waals surface area contributed by atoms with Gasteiger partial charge in [-0.15, -0.1) is 0 Å². The van der Waals surface area contributed by atoms with Crippen molar-refractivity contribution in [1.29, 1.82) is 0 Å². The first-order chi connectivity index (χ1) is 11.1. The van der Waals surface area contributed by atoms with Gasteiger partial charge in [-0.3, -0.25) is 4.79 Å². The number of hydrogen-bond acceptors (Lipinski definition) is 4. The third-order valence-electron chi connectivity index (χ3n) is 4.97. The maximum Gasteiger partial charge on any atom is 0.229 e. The van der Waals surface area contributed by atoms with E-state index in [9.17, 15) is 9.90 Å². The van der Waals surface area contributed by atoms with Gasteiger partial charge >= 0.3 is 0 Å². The molecule has 1 saturated carbocycles. The smallest absolute Gasteiger partial charge is 0.229 e. The molecule has 5 heteroatoms. The summed E-state index contributed by atoms with van der Waals surface area (Å²) in [6, 6.07) is 7.63. The highest BCUT2D eigenvalue weighted by Crippen LogP contribution is 2.28. The number of carbonyl (C=O) groups excluding carboxylic acids is 1. The standard InChI is InChI=1S/C18H26N2O3/c1-20(17(21)13-18(22)9-11-19-12-10-18)14-5-7-16(8-6-14)23-15-3-2-4-15/h5-8,15,19,22H,2-4,9-13H2,1H3. The van der Waals surface area contributed by atoms with Crippen molar-refractivity contribution in [3.8, 4) is 5.75 Å². The second kappa shape index (κ2) is 6.89. The fourth-order valence-corrected chi connectivity index (χ4v) is 3.04. The Hall–Kier alpha value is -1.59. The van der Waals surface area contributed by atoms with Crippen molar-refractivity contribution >= 4 is 11.6 Å². The molecule has 1 aliphatic heterocycles. The van der Waals surface area contributed by atoms with E-state index in [0.717, 1.165) is 37.4 Å². The first-order valence-electron chi connectivity index (χ1n) is 8.52. The zero-order valence-electron chi connectivity index (χ0n) is 13.8. The molecule has 1 amide bonds. The fraction of sp³-hybridized carbons (Fsp3) is 0.611. The van der Waals surface area contributed by atoms with Crippen molar-refractivity contribution in [2.24, 2.45) is 0 Å². The second-order valence-corrected chi connectivity index (χ2v) is 6.77. The summed E-state index contributed by atoms with van der Waals surface area (Å²) in [4.78, 5) is 14.1. The lowest BCUT2D eigenvalue weighted by atomic mass is 9.88. The van der Waals surface area contributed by atoms with E-state index in [-0.39, 0.29) is 12.3 Å². The van der Waals surface area contributed by atoms with Gasteiger partial charge < -0.3 is 20.1 Å². The number of nitrogens with one attached hydrogen (secondary N) is 1. The van der Waals surface area contributed by atoms with Gasteiger partial charge in [0, 0.05) is 12.7 Å². The summed E-state index contributed by atoms with van der Waals surface area (Å²) in [5, 5.41) is 13.7. The van der Waals surface area contributed by atoms with Gasteiger partial charge in [0.25, 0.3) is 0 Å². The largest absolute Gasteiger partial charge is 0.490 e. The van der Waals surface area contributed by atoms with Crippen molar-refractivity contribution in [2.45, 2.75) is 50.2 Å². The Kier molecular flexibility index (Phi) is 4.87. The van der Waals surface area contributed by atoms with Crippen molar-refractivity contribution in [3.63, 3.8) is 0 Å². The van der Waals surface area contributed by atoms with E-state index in [1.807, 2.05) is 24.3 Å². The number of nitrogens with zero attached hydrogens (tertiary/aromatic N) is 1. The van der Waals surface area contributed by atoms with Crippen LogP contribution in [0.15, 0.2) is 24.3 Å². The highest BCUT2D eigenvalue weighted by Gasteiger charge is 2.33. The number of amides is 1. The summed E-state index contributed by atoms with van der Waals surface area (Å²) in [7, 11) is 1.76. The van der Waals surface area contributed by atoms with Gasteiger partial charge in [0.1, 0.15) is 5.75 Å². The minimum Gasteiger partial charge on any atom is -0.490 e. The van der Waals surface area contributed by atoms with E-state index < -0.39 is 5.60 Å². The molecule has 2 aliphatic rings. The number of anilines is 1. The zero-order chi connectivity index (χ0) is 16.3. The molecule has 2 fully saturated rings. The molecule has 0 unspecified atom stereocenters. The minimum atomic E-state index is -0.871. The van der Waals surface area contributed by atoms with Crippen LogP contribution in [0.3, 0.4) is 0 Å². The average Bonchev–Trinajstić information content (AvgIpc) is 2.51. The average molecular weight is 318 g/mol. The quantitative estimate of drug-likeness (QED) is 0.873. The molecule has 0 spiro atoms. The topological polar surface area (TPSA) is 61.8 Å². The van der Waals surface area contributed by atoms with E-state index in [1.54, 1.807) is 11.9 Å². The number of carbonyl (C=O) groups is 1. The summed E-state index contributed by atoms with van der Waals surface area (Å²) in [6.07, 6.45) is 5.29. The van der Waals surface area contributed by atoms with Crippen LogP contribution in [0, 0.1) is 0 Å². The number of hydrogen-bond donors (Lipinski definition) is 2. The maximum absolute atomic E-state index is 12.4. The number of aliphatic hydroxyl groups is 1. The summed E-state index contributed by atoms with van der Waals surface area (Å²) in [6.45, 7) is 1.53. The van der Waals surface area contributed by atoms with Gasteiger partial charge in [-0.25, -0.2) is 0 Å². The molecule has 5 nitrogen and oxygen atoms in total. The van der Waals surface area contributed by atoms with E-state index >= 15 is 0 Å². The van der Waals surface area contributed by atoms with E-state index in [4.69, 9.17) is 4.74 Å². The molecule has 3 rings (SSSR count). The first kappa shape index (κ1) is 16.3. The Bertz CT molecular complexity index is 534. The van der Waals surface area contributed by atoms with Crippen LogP contribution in [0.1, 0.15) is 38.5 Å². The summed E-state index contributed by atoms with van der Waals surface area (Å²) < 4.78 is 5.83. The molecule has 0 aromatic heterocycles. The SMILES string of the molecule is CN(C(=O)CC1(O)CCNCC1)c1ccc(OC2CCC2)cc1. The molecular formula is C18H26N2O3. The lowest BCUT2D eigenvalue weighted by Crippen LogP contribution is -2.45. The summed E-state index contributed by atoms with van der Waals surface area (Å²) in [5.74, 6) is 0.804. The van der Waals surface area contributed by atoms with Gasteiger partial charge in [-0.2, -0.15) is 0 Å². The highest BCUT2D eigenvalue weighted by molar-refractivity contribution is 5.93. The highest BCUT2D eigenvalue weighted by atomic mass is 16.5. The van der Waals surface area contributed by atoms with Gasteiger partial charge in [-0.1, -0.05) is 0 Å². The van der Waals surface area contributed by atoms with Crippen LogP contribution in [0.2, 0.25) is 0 Å². The zero-order valence-corrected chi connectivity index (χ0v) is 13.8. The van der Waals surface area contributed by atoms with Crippen molar-refractivity contribution in [3.05, 3.63) is 24.3 Å². The predicted molar refractivity (Wildman–Crippen MR) is 89.8 cm³/mol. The van der Waals surface area contributed by atoms with Gasteiger partial charge in [0.15, 0.2) is 0 Å². The molecule has 0 radical (unpaired) electrons. The predicted octanol–water partition coefficient (Wildman–Crippen LogP) is 2.09. The summed E-state index contributed by atoms with van der Waals surface area (Å²) >= 11 is 0. The number of rotatable bonds is 5. The lowest BCUT2D eigenvalue weighted by molar-refractivity contribution is -0.124. The fourth-order valence-electron chi connectivity index (χ4n) is 3.04. The Morgan fingerprint density at radius 1 is 1.30 bits per heavy atom. The Morgan fingerprint density at radius 2 is 1.96 bits per heavy atom. The van der Waals surface area contributed by atoms with E-state index in [0.29, 0.717) is 18.9 Å². The van der Waals surface area contributed by atoms with Crippen LogP contribution < -0.4 is 15.0 Å². The molecule has 1 aromatic rings. The maximum atomic E-state index is 12.4. The minimum absolute atomic E-state index is 0.0536. The third-order valence-corrected chi connectivity index (χ3v) is 4.97. The van der Waals surface area contributed by atoms with Crippen LogP contribution in [-0.4, -0.2) is 42.9 Å². The van der Waals surface area contributed by atoms with Crippen molar-refractivity contribution < 1.29 is 14.6 Å². The Labute approximate surface area is 137 Å². The second-order valence-electron chi connectivity index (χ2n) is 6.77. The molecule has 1 aromatic carbocycles. The molecule has 23 heavy (non-hydrogen) atoms. The van der Waals surface area contributed by atoms with Gasteiger partial charge in [-0.05, 0) is 69.5 Å². The Balaban J connectivity index is 1.57. The Morgan fingerprint density at radius 3 is 2.52 bits per heavy atom. The number of ether oxygens (including phenoxy) is 1. The van der Waals surface area contributed by atoms with Crippen LogP contribution in [0.5, 0.6) is 5.75 Å². The molecule has 0 bridgehead atoms. The normalized spacial score (nSPS) is 20.6. The molecule has 2 N–H and O–H groups in total. The molecule has 1 aliphatic carbocycles. The van der Waals surface area contributed by atoms with Gasteiger partial charge in [0.05, 0.1) is 18.1 Å². The van der Waals surface area contributed by atoms with E-state index in [2.05, 4.69) is 5.32 Å². The van der Waals surface area contributed by atoms with Crippen molar-refractivity contribution in [1.82, 2.24) is 5.32 Å². The third kappa shape index (κ3) is 4.03. The lowest BCUT2D eigenvalue weighted by Gasteiger charge is -2.33.